The maximum atomic E-state index is 12.5. The van der Waals surface area contributed by atoms with Crippen LogP contribution in [-0.4, -0.2) is 23.2 Å². The largest absolute Gasteiger partial charge is 0.417 e. The summed E-state index contributed by atoms with van der Waals surface area (Å²) in [4.78, 5) is 13.6. The zero-order valence-corrected chi connectivity index (χ0v) is 14.2. The van der Waals surface area contributed by atoms with Crippen molar-refractivity contribution in [3.8, 4) is 0 Å². The van der Waals surface area contributed by atoms with E-state index in [0.29, 0.717) is 17.7 Å². The number of hydrogen-bond acceptors (Lipinski definition) is 5. The van der Waals surface area contributed by atoms with E-state index < -0.39 is 15.8 Å². The molecule has 0 radical (unpaired) electrons. The Labute approximate surface area is 148 Å². The van der Waals surface area contributed by atoms with Crippen LogP contribution in [0.3, 0.4) is 0 Å². The fourth-order valence-electron chi connectivity index (χ4n) is 2.58. The molecule has 2 heterocycles. The minimum atomic E-state index is -3.83. The maximum absolute atomic E-state index is 12.5. The highest BCUT2D eigenvalue weighted by Gasteiger charge is 2.17. The van der Waals surface area contributed by atoms with Crippen molar-refractivity contribution in [3.05, 3.63) is 77.0 Å². The lowest BCUT2D eigenvalue weighted by Gasteiger charge is -2.05. The average Bonchev–Trinajstić information content (AvgIpc) is 3.19. The predicted molar refractivity (Wildman–Crippen MR) is 95.4 cm³/mol. The zero-order valence-electron chi connectivity index (χ0n) is 13.4. The highest BCUT2D eigenvalue weighted by molar-refractivity contribution is 7.92. The molecule has 0 unspecified atom stereocenters. The topological polar surface area (TPSA) is 110 Å². The van der Waals surface area contributed by atoms with E-state index in [4.69, 9.17) is 4.42 Å². The summed E-state index contributed by atoms with van der Waals surface area (Å²) in [7, 11) is -3.83. The fourth-order valence-corrected chi connectivity index (χ4v) is 3.62. The van der Waals surface area contributed by atoms with Crippen molar-refractivity contribution in [2.75, 3.05) is 4.72 Å². The van der Waals surface area contributed by atoms with Crippen LogP contribution in [0, 0.1) is 0 Å². The Bertz CT molecular complexity index is 1220. The van der Waals surface area contributed by atoms with Crippen LogP contribution in [0.15, 0.2) is 75.0 Å². The van der Waals surface area contributed by atoms with Gasteiger partial charge >= 0.3 is 5.76 Å². The number of anilines is 1. The summed E-state index contributed by atoms with van der Waals surface area (Å²) in [5, 5.41) is 4.17. The summed E-state index contributed by atoms with van der Waals surface area (Å²) >= 11 is 0. The molecule has 2 aromatic heterocycles. The first-order chi connectivity index (χ1) is 12.5. The van der Waals surface area contributed by atoms with Gasteiger partial charge in [0.1, 0.15) is 0 Å². The number of aromatic nitrogens is 3. The number of rotatable bonds is 5. The van der Waals surface area contributed by atoms with Crippen LogP contribution in [-0.2, 0) is 16.6 Å². The van der Waals surface area contributed by atoms with E-state index in [-0.39, 0.29) is 10.5 Å². The lowest BCUT2D eigenvalue weighted by molar-refractivity contribution is 0.554. The van der Waals surface area contributed by atoms with E-state index in [2.05, 4.69) is 14.8 Å². The molecule has 0 bridgehead atoms. The molecule has 4 rings (SSSR count). The standard InChI is InChI=1S/C17H14N4O4S/c22-17-19-15-7-6-14(8-16(15)25-17)26(23,24)20-13-9-18-21(11-13)10-12-4-2-1-3-5-12/h1-9,11,20H,10H2,(H,19,22). The summed E-state index contributed by atoms with van der Waals surface area (Å²) in [5.41, 5.74) is 2.01. The van der Waals surface area contributed by atoms with E-state index in [9.17, 15) is 13.2 Å². The second kappa shape index (κ2) is 6.19. The maximum Gasteiger partial charge on any atom is 0.417 e. The first-order valence-electron chi connectivity index (χ1n) is 7.72. The zero-order chi connectivity index (χ0) is 18.1. The van der Waals surface area contributed by atoms with E-state index in [0.717, 1.165) is 5.56 Å². The monoisotopic (exact) mass is 370 g/mol. The molecule has 0 amide bonds. The van der Waals surface area contributed by atoms with Crippen molar-refractivity contribution in [2.45, 2.75) is 11.4 Å². The second-order valence-electron chi connectivity index (χ2n) is 5.69. The molecule has 132 valence electrons. The van der Waals surface area contributed by atoms with Crippen molar-refractivity contribution >= 4 is 26.8 Å². The Morgan fingerprint density at radius 2 is 1.96 bits per heavy atom. The third-order valence-electron chi connectivity index (χ3n) is 3.78. The summed E-state index contributed by atoms with van der Waals surface area (Å²) in [6.07, 6.45) is 3.05. The van der Waals surface area contributed by atoms with Gasteiger partial charge in [-0.15, -0.1) is 0 Å². The number of hydrogen-bond donors (Lipinski definition) is 2. The summed E-state index contributed by atoms with van der Waals surface area (Å²) < 4.78 is 34.1. The van der Waals surface area contributed by atoms with Gasteiger partial charge in [-0.2, -0.15) is 5.10 Å². The lowest BCUT2D eigenvalue weighted by atomic mass is 10.2. The van der Waals surface area contributed by atoms with Crippen LogP contribution in [0.1, 0.15) is 5.56 Å². The Morgan fingerprint density at radius 1 is 1.15 bits per heavy atom. The van der Waals surface area contributed by atoms with Crippen molar-refractivity contribution in [1.29, 1.82) is 0 Å². The molecule has 4 aromatic rings. The van der Waals surface area contributed by atoms with E-state index in [1.165, 1.54) is 24.4 Å². The lowest BCUT2D eigenvalue weighted by Crippen LogP contribution is -2.12. The molecule has 0 atom stereocenters. The van der Waals surface area contributed by atoms with Gasteiger partial charge in [-0.3, -0.25) is 14.4 Å². The molecule has 0 saturated carbocycles. The number of nitrogens with one attached hydrogen (secondary N) is 2. The van der Waals surface area contributed by atoms with Crippen LogP contribution in [0.4, 0.5) is 5.69 Å². The molecule has 2 N–H and O–H groups in total. The van der Waals surface area contributed by atoms with Crippen LogP contribution >= 0.6 is 0 Å². The van der Waals surface area contributed by atoms with Crippen LogP contribution in [0.2, 0.25) is 0 Å². The molecular formula is C17H14N4O4S. The average molecular weight is 370 g/mol. The highest BCUT2D eigenvalue weighted by atomic mass is 32.2. The Balaban J connectivity index is 1.56. The molecular weight excluding hydrogens is 356 g/mol. The van der Waals surface area contributed by atoms with Crippen molar-refractivity contribution < 1.29 is 12.8 Å². The van der Waals surface area contributed by atoms with Gasteiger partial charge in [0.15, 0.2) is 5.58 Å². The van der Waals surface area contributed by atoms with Gasteiger partial charge in [-0.1, -0.05) is 30.3 Å². The van der Waals surface area contributed by atoms with Gasteiger partial charge in [0, 0.05) is 12.3 Å². The molecule has 0 fully saturated rings. The minimum Gasteiger partial charge on any atom is -0.408 e. The van der Waals surface area contributed by atoms with Crippen molar-refractivity contribution in [2.24, 2.45) is 0 Å². The van der Waals surface area contributed by atoms with E-state index in [1.54, 1.807) is 10.9 Å². The van der Waals surface area contributed by atoms with Crippen molar-refractivity contribution in [3.63, 3.8) is 0 Å². The Hall–Kier alpha value is -3.33. The molecule has 8 nitrogen and oxygen atoms in total. The number of sulfonamides is 1. The Morgan fingerprint density at radius 3 is 2.77 bits per heavy atom. The number of H-pyrrole nitrogens is 1. The molecule has 0 aliphatic carbocycles. The summed E-state index contributed by atoms with van der Waals surface area (Å²) in [5.74, 6) is -0.635. The summed E-state index contributed by atoms with van der Waals surface area (Å²) in [6, 6.07) is 13.9. The first kappa shape index (κ1) is 16.2. The van der Waals surface area contributed by atoms with Gasteiger partial charge in [0.05, 0.1) is 28.8 Å². The van der Waals surface area contributed by atoms with Crippen LogP contribution in [0.5, 0.6) is 0 Å². The van der Waals surface area contributed by atoms with E-state index in [1.807, 2.05) is 30.3 Å². The van der Waals surface area contributed by atoms with Gasteiger partial charge < -0.3 is 4.42 Å². The molecule has 26 heavy (non-hydrogen) atoms. The molecule has 0 spiro atoms. The molecule has 0 saturated heterocycles. The fraction of sp³-hybridized carbons (Fsp3) is 0.0588. The van der Waals surface area contributed by atoms with Gasteiger partial charge in [-0.25, -0.2) is 13.2 Å². The third-order valence-corrected chi connectivity index (χ3v) is 5.15. The van der Waals surface area contributed by atoms with Crippen LogP contribution < -0.4 is 10.5 Å². The van der Waals surface area contributed by atoms with Crippen LogP contribution in [0.25, 0.3) is 11.1 Å². The van der Waals surface area contributed by atoms with Gasteiger partial charge in [0.2, 0.25) is 0 Å². The summed E-state index contributed by atoms with van der Waals surface area (Å²) in [6.45, 7) is 0.531. The molecule has 9 heteroatoms. The normalized spacial score (nSPS) is 11.7. The van der Waals surface area contributed by atoms with Gasteiger partial charge in [-0.05, 0) is 17.7 Å². The second-order valence-corrected chi connectivity index (χ2v) is 7.37. The van der Waals surface area contributed by atoms with Gasteiger partial charge in [0.25, 0.3) is 10.0 Å². The first-order valence-corrected chi connectivity index (χ1v) is 9.20. The SMILES string of the molecule is O=c1[nH]c2ccc(S(=O)(=O)Nc3cnn(Cc4ccccc4)c3)cc2o1. The number of aromatic amines is 1. The highest BCUT2D eigenvalue weighted by Crippen LogP contribution is 2.19. The predicted octanol–water partition coefficient (Wildman–Crippen LogP) is 2.17. The van der Waals surface area contributed by atoms with E-state index >= 15 is 0 Å². The molecule has 2 aromatic carbocycles. The smallest absolute Gasteiger partial charge is 0.408 e. The number of oxazole rings is 1. The molecule has 0 aliphatic heterocycles. The number of benzene rings is 2. The van der Waals surface area contributed by atoms with Crippen molar-refractivity contribution in [1.82, 2.24) is 14.8 Å². The Kier molecular flexibility index (Phi) is 3.85. The third kappa shape index (κ3) is 3.24. The minimum absolute atomic E-state index is 0.0106. The number of fused-ring (bicyclic) bond motifs is 1. The molecule has 0 aliphatic rings. The number of nitrogens with zero attached hydrogens (tertiary/aromatic N) is 2. The quantitative estimate of drug-likeness (QED) is 0.559.